The summed E-state index contributed by atoms with van der Waals surface area (Å²) in [5.41, 5.74) is 6.24. The van der Waals surface area contributed by atoms with E-state index in [1.165, 1.54) is 48.2 Å². The van der Waals surface area contributed by atoms with Crippen LogP contribution in [0.5, 0.6) is 0 Å². The molecule has 4 heteroatoms. The Bertz CT molecular complexity index is 638. The number of benzene rings is 1. The van der Waals surface area contributed by atoms with Gasteiger partial charge in [0.2, 0.25) is 0 Å². The molecule has 0 spiro atoms. The Balaban J connectivity index is 1.99. The molecule has 4 nitrogen and oxygen atoms in total. The lowest BCUT2D eigenvalue weighted by atomic mass is 9.84. The van der Waals surface area contributed by atoms with Gasteiger partial charge in [-0.2, -0.15) is 0 Å². The van der Waals surface area contributed by atoms with Crippen molar-refractivity contribution >= 4 is 16.7 Å². The third-order valence-electron chi connectivity index (χ3n) is 4.76. The van der Waals surface area contributed by atoms with Crippen LogP contribution < -0.4 is 10.4 Å². The average molecular weight is 257 g/mol. The van der Waals surface area contributed by atoms with Gasteiger partial charge in [-0.1, -0.05) is 6.07 Å². The first-order valence-corrected chi connectivity index (χ1v) is 7.02. The van der Waals surface area contributed by atoms with Crippen molar-refractivity contribution in [1.29, 1.82) is 0 Å². The molecule has 0 amide bonds. The van der Waals surface area contributed by atoms with Gasteiger partial charge in [0.05, 0.1) is 0 Å². The summed E-state index contributed by atoms with van der Waals surface area (Å²) in [6.07, 6.45) is 2.57. The summed E-state index contributed by atoms with van der Waals surface area (Å²) in [5, 5.41) is 10.3. The molecule has 1 fully saturated rings. The summed E-state index contributed by atoms with van der Waals surface area (Å²) >= 11 is 0. The van der Waals surface area contributed by atoms with Crippen molar-refractivity contribution in [2.45, 2.75) is 25.3 Å². The first-order valence-electron chi connectivity index (χ1n) is 7.02. The van der Waals surface area contributed by atoms with Crippen molar-refractivity contribution in [3.8, 4) is 0 Å². The lowest BCUT2D eigenvalue weighted by Crippen LogP contribution is -2.39. The van der Waals surface area contributed by atoms with E-state index >= 15 is 0 Å². The molecule has 1 aromatic heterocycles. The Kier molecular flexibility index (Phi) is 2.37. The number of nitrogens with zero attached hydrogens (tertiary/aromatic N) is 2. The highest BCUT2D eigenvalue weighted by molar-refractivity contribution is 5.92. The number of hydroxylamine groups is 1. The van der Waals surface area contributed by atoms with Crippen molar-refractivity contribution < 1.29 is 5.21 Å². The molecule has 1 aromatic carbocycles. The lowest BCUT2D eigenvalue weighted by molar-refractivity contribution is 0.161. The molecule has 3 aliphatic heterocycles. The van der Waals surface area contributed by atoms with E-state index in [1.807, 2.05) is 0 Å². The van der Waals surface area contributed by atoms with Crippen LogP contribution in [0.1, 0.15) is 29.9 Å². The number of piperidine rings is 1. The highest BCUT2D eigenvalue weighted by atomic mass is 16.5. The van der Waals surface area contributed by atoms with Gasteiger partial charge in [0, 0.05) is 43.1 Å². The zero-order chi connectivity index (χ0) is 13.0. The zero-order valence-electron chi connectivity index (χ0n) is 11.2. The predicted molar refractivity (Wildman–Crippen MR) is 75.7 cm³/mol. The first-order chi connectivity index (χ1) is 9.29. The van der Waals surface area contributed by atoms with E-state index in [9.17, 15) is 0 Å². The number of hydrogen-bond acceptors (Lipinski definition) is 3. The van der Waals surface area contributed by atoms with Crippen LogP contribution in [0.2, 0.25) is 0 Å². The van der Waals surface area contributed by atoms with Crippen LogP contribution in [-0.2, 0) is 13.6 Å². The molecule has 0 unspecified atom stereocenters. The van der Waals surface area contributed by atoms with Crippen LogP contribution >= 0.6 is 0 Å². The van der Waals surface area contributed by atoms with Gasteiger partial charge in [-0.15, -0.1) is 0 Å². The fourth-order valence-corrected chi connectivity index (χ4v) is 3.87. The summed E-state index contributed by atoms with van der Waals surface area (Å²) in [5.74, 6) is 2.15. The first kappa shape index (κ1) is 11.3. The molecule has 2 aromatic rings. The normalized spacial score (nSPS) is 18.3. The third-order valence-corrected chi connectivity index (χ3v) is 4.76. The SMILES string of the molecule is Cn1c2c(c3cc(CNO)ccc31)C1CCN2CC1. The highest BCUT2D eigenvalue weighted by Crippen LogP contribution is 2.47. The van der Waals surface area contributed by atoms with Gasteiger partial charge in [-0.3, -0.25) is 0 Å². The monoisotopic (exact) mass is 257 g/mol. The Morgan fingerprint density at radius 1 is 1.32 bits per heavy atom. The summed E-state index contributed by atoms with van der Waals surface area (Å²) in [7, 11) is 2.17. The van der Waals surface area contributed by atoms with Crippen LogP contribution in [0.3, 0.4) is 0 Å². The van der Waals surface area contributed by atoms with Crippen molar-refractivity contribution in [1.82, 2.24) is 10.0 Å². The Morgan fingerprint density at radius 2 is 2.11 bits per heavy atom. The van der Waals surface area contributed by atoms with E-state index in [1.54, 1.807) is 0 Å². The molecule has 0 radical (unpaired) electrons. The van der Waals surface area contributed by atoms with Gasteiger partial charge in [0.1, 0.15) is 5.82 Å². The number of aryl methyl sites for hydroxylation is 1. The molecule has 0 atom stereocenters. The molecule has 2 N–H and O–H groups in total. The van der Waals surface area contributed by atoms with Crippen LogP contribution in [0.25, 0.3) is 10.9 Å². The van der Waals surface area contributed by atoms with E-state index in [-0.39, 0.29) is 0 Å². The summed E-state index contributed by atoms with van der Waals surface area (Å²) in [4.78, 5) is 2.53. The second-order valence-electron chi connectivity index (χ2n) is 5.74. The zero-order valence-corrected chi connectivity index (χ0v) is 11.2. The standard InChI is InChI=1S/C15H19N3O/c1-17-13-3-2-10(9-16-19)8-12(13)14-11-4-6-18(7-5-11)15(14)17/h2-3,8,11,16,19H,4-7,9H2,1H3. The maximum absolute atomic E-state index is 8.88. The largest absolute Gasteiger partial charge is 0.358 e. The summed E-state index contributed by atoms with van der Waals surface area (Å²) < 4.78 is 2.34. The quantitative estimate of drug-likeness (QED) is 0.811. The maximum Gasteiger partial charge on any atom is 0.112 e. The van der Waals surface area contributed by atoms with Gasteiger partial charge in [-0.05, 0) is 36.5 Å². The Morgan fingerprint density at radius 3 is 2.84 bits per heavy atom. The summed E-state index contributed by atoms with van der Waals surface area (Å²) in [6, 6.07) is 6.51. The van der Waals surface area contributed by atoms with Gasteiger partial charge >= 0.3 is 0 Å². The second kappa shape index (κ2) is 3.99. The average Bonchev–Trinajstić information content (AvgIpc) is 2.76. The fraction of sp³-hybridized carbons (Fsp3) is 0.467. The molecule has 0 aliphatic carbocycles. The molecular weight excluding hydrogens is 238 g/mol. The Hall–Kier alpha value is -1.52. The minimum atomic E-state index is 0.508. The van der Waals surface area contributed by atoms with Gasteiger partial charge in [0.25, 0.3) is 0 Å². The molecule has 1 saturated heterocycles. The van der Waals surface area contributed by atoms with Crippen LogP contribution in [0, 0.1) is 0 Å². The minimum Gasteiger partial charge on any atom is -0.358 e. The molecule has 3 aliphatic rings. The van der Waals surface area contributed by atoms with E-state index < -0.39 is 0 Å². The molecule has 19 heavy (non-hydrogen) atoms. The number of nitrogens with one attached hydrogen (secondary N) is 1. The molecule has 100 valence electrons. The van der Waals surface area contributed by atoms with Crippen LogP contribution in [0.15, 0.2) is 18.2 Å². The summed E-state index contributed by atoms with van der Waals surface area (Å²) in [6.45, 7) is 2.91. The fourth-order valence-electron chi connectivity index (χ4n) is 3.87. The topological polar surface area (TPSA) is 40.4 Å². The lowest BCUT2D eigenvalue weighted by Gasteiger charge is -2.41. The number of hydrogen-bond donors (Lipinski definition) is 2. The van der Waals surface area contributed by atoms with Crippen molar-refractivity contribution in [3.05, 3.63) is 29.3 Å². The molecule has 2 bridgehead atoms. The van der Waals surface area contributed by atoms with Gasteiger partial charge in [0.15, 0.2) is 0 Å². The van der Waals surface area contributed by atoms with Crippen molar-refractivity contribution in [2.24, 2.45) is 7.05 Å². The predicted octanol–water partition coefficient (Wildman–Crippen LogP) is 2.35. The van der Waals surface area contributed by atoms with Crippen LogP contribution in [-0.4, -0.2) is 22.9 Å². The van der Waals surface area contributed by atoms with Crippen molar-refractivity contribution in [3.63, 3.8) is 0 Å². The number of rotatable bonds is 2. The van der Waals surface area contributed by atoms with Gasteiger partial charge in [-0.25, -0.2) is 5.48 Å². The smallest absolute Gasteiger partial charge is 0.112 e. The molecular formula is C15H19N3O. The second-order valence-corrected chi connectivity index (χ2v) is 5.74. The van der Waals surface area contributed by atoms with Crippen LogP contribution in [0.4, 0.5) is 5.82 Å². The Labute approximate surface area is 112 Å². The number of anilines is 1. The number of fused-ring (bicyclic) bond motifs is 3. The molecule has 0 saturated carbocycles. The minimum absolute atomic E-state index is 0.508. The molecule has 4 heterocycles. The van der Waals surface area contributed by atoms with E-state index in [0.717, 1.165) is 11.5 Å². The maximum atomic E-state index is 8.88. The van der Waals surface area contributed by atoms with E-state index in [4.69, 9.17) is 5.21 Å². The van der Waals surface area contributed by atoms with Crippen molar-refractivity contribution in [2.75, 3.05) is 18.0 Å². The highest BCUT2D eigenvalue weighted by Gasteiger charge is 2.35. The molecule has 5 rings (SSSR count). The van der Waals surface area contributed by atoms with E-state index in [0.29, 0.717) is 6.54 Å². The third kappa shape index (κ3) is 1.47. The van der Waals surface area contributed by atoms with E-state index in [2.05, 4.69) is 40.2 Å². The van der Waals surface area contributed by atoms with Gasteiger partial charge < -0.3 is 14.7 Å². The number of aromatic nitrogens is 1.